The molecule has 2 aliphatic heterocycles. The smallest absolute Gasteiger partial charge is 0.312 e. The van der Waals surface area contributed by atoms with Gasteiger partial charge in [0.15, 0.2) is 0 Å². The molecule has 0 aromatic heterocycles. The van der Waals surface area contributed by atoms with E-state index < -0.39 is 5.97 Å². The summed E-state index contributed by atoms with van der Waals surface area (Å²) in [6.45, 7) is 3.82. The lowest BCUT2D eigenvalue weighted by Crippen LogP contribution is -2.43. The summed E-state index contributed by atoms with van der Waals surface area (Å²) >= 11 is 2.00. The van der Waals surface area contributed by atoms with Crippen LogP contribution in [0.4, 0.5) is 0 Å². The molecule has 0 spiro atoms. The molecule has 3 rings (SSSR count). The maximum absolute atomic E-state index is 11.5. The highest BCUT2D eigenvalue weighted by atomic mass is 32.2. The van der Waals surface area contributed by atoms with Crippen molar-refractivity contribution in [1.82, 2.24) is 4.90 Å². The zero-order chi connectivity index (χ0) is 13.4. The van der Waals surface area contributed by atoms with E-state index in [1.165, 1.54) is 12.0 Å². The highest BCUT2D eigenvalue weighted by Gasteiger charge is 2.35. The summed E-state index contributed by atoms with van der Waals surface area (Å²) in [6, 6.07) is 8.53. The predicted octanol–water partition coefficient (Wildman–Crippen LogP) is 2.56. The molecule has 0 saturated carbocycles. The van der Waals surface area contributed by atoms with Crippen molar-refractivity contribution in [3.8, 4) is 0 Å². The Bertz CT molecular complexity index is 491. The minimum absolute atomic E-state index is 0.370. The number of rotatable bonds is 2. The highest BCUT2D eigenvalue weighted by Crippen LogP contribution is 2.35. The van der Waals surface area contributed by atoms with Crippen molar-refractivity contribution in [2.75, 3.05) is 12.3 Å². The minimum Gasteiger partial charge on any atom is -0.481 e. The van der Waals surface area contributed by atoms with Crippen molar-refractivity contribution in [2.24, 2.45) is 0 Å². The predicted molar refractivity (Wildman–Crippen MR) is 77.6 cm³/mol. The molecule has 1 aromatic carbocycles. The first-order chi connectivity index (χ1) is 9.15. The molecule has 1 saturated heterocycles. The van der Waals surface area contributed by atoms with Crippen LogP contribution < -0.4 is 0 Å². The maximum Gasteiger partial charge on any atom is 0.312 e. The van der Waals surface area contributed by atoms with E-state index in [4.69, 9.17) is 0 Å². The van der Waals surface area contributed by atoms with Crippen molar-refractivity contribution < 1.29 is 9.90 Å². The highest BCUT2D eigenvalue weighted by molar-refractivity contribution is 8.00. The topological polar surface area (TPSA) is 40.5 Å². The van der Waals surface area contributed by atoms with E-state index in [0.29, 0.717) is 17.8 Å². The molecular formula is C15H19NO2S. The van der Waals surface area contributed by atoms with E-state index in [9.17, 15) is 9.90 Å². The molecule has 19 heavy (non-hydrogen) atoms. The van der Waals surface area contributed by atoms with Gasteiger partial charge < -0.3 is 5.11 Å². The quantitative estimate of drug-likeness (QED) is 0.902. The van der Waals surface area contributed by atoms with Crippen LogP contribution in [0.2, 0.25) is 0 Å². The number of aliphatic carboxylic acids is 1. The second-order valence-corrected chi connectivity index (χ2v) is 7.02. The van der Waals surface area contributed by atoms with Crippen LogP contribution in [0.3, 0.4) is 0 Å². The molecule has 102 valence electrons. The number of benzene rings is 1. The van der Waals surface area contributed by atoms with Crippen molar-refractivity contribution in [3.63, 3.8) is 0 Å². The van der Waals surface area contributed by atoms with Crippen LogP contribution in [0, 0.1) is 0 Å². The van der Waals surface area contributed by atoms with Gasteiger partial charge in [0, 0.05) is 30.1 Å². The van der Waals surface area contributed by atoms with Gasteiger partial charge in [0.25, 0.3) is 0 Å². The normalized spacial score (nSPS) is 31.1. The number of nitrogens with zero attached hydrogens (tertiary/aromatic N) is 1. The Balaban J connectivity index is 1.86. The summed E-state index contributed by atoms with van der Waals surface area (Å²) in [5.74, 6) is 0.0667. The Hall–Kier alpha value is -1.00. The fourth-order valence-corrected chi connectivity index (χ4v) is 4.43. The standard InChI is InChI=1S/C15H19NO2S/c1-10-6-12(9-19-10)16-7-11-4-2-3-5-13(11)14(8-16)15(17)18/h2-5,10,12,14H,6-9H2,1H3,(H,17,18). The number of fused-ring (bicyclic) bond motifs is 1. The van der Waals surface area contributed by atoms with Crippen molar-refractivity contribution in [1.29, 1.82) is 0 Å². The van der Waals surface area contributed by atoms with E-state index in [1.54, 1.807) is 0 Å². The van der Waals surface area contributed by atoms with Crippen LogP contribution in [0.1, 0.15) is 30.4 Å². The molecular weight excluding hydrogens is 258 g/mol. The van der Waals surface area contributed by atoms with E-state index in [-0.39, 0.29) is 5.92 Å². The van der Waals surface area contributed by atoms with Gasteiger partial charge in [-0.1, -0.05) is 31.2 Å². The Morgan fingerprint density at radius 1 is 1.42 bits per heavy atom. The lowest BCUT2D eigenvalue weighted by Gasteiger charge is -2.36. The summed E-state index contributed by atoms with van der Waals surface area (Å²) in [7, 11) is 0. The Kier molecular flexibility index (Phi) is 3.54. The van der Waals surface area contributed by atoms with Crippen molar-refractivity contribution in [3.05, 3.63) is 35.4 Å². The summed E-state index contributed by atoms with van der Waals surface area (Å²) in [5.41, 5.74) is 2.19. The fraction of sp³-hybridized carbons (Fsp3) is 0.533. The number of carbonyl (C=O) groups is 1. The van der Waals surface area contributed by atoms with Gasteiger partial charge in [-0.25, -0.2) is 0 Å². The van der Waals surface area contributed by atoms with Crippen LogP contribution in [0.15, 0.2) is 24.3 Å². The summed E-state index contributed by atoms with van der Waals surface area (Å²) in [5, 5.41) is 10.2. The third kappa shape index (κ3) is 2.51. The van der Waals surface area contributed by atoms with E-state index in [2.05, 4.69) is 17.9 Å². The molecule has 3 unspecified atom stereocenters. The van der Waals surface area contributed by atoms with Crippen molar-refractivity contribution >= 4 is 17.7 Å². The summed E-state index contributed by atoms with van der Waals surface area (Å²) in [6.07, 6.45) is 1.18. The van der Waals surface area contributed by atoms with Crippen LogP contribution in [0.25, 0.3) is 0 Å². The van der Waals surface area contributed by atoms with E-state index in [0.717, 1.165) is 17.9 Å². The van der Waals surface area contributed by atoms with E-state index in [1.807, 2.05) is 30.0 Å². The number of hydrogen-bond acceptors (Lipinski definition) is 3. The molecule has 0 aliphatic carbocycles. The van der Waals surface area contributed by atoms with Crippen LogP contribution in [-0.4, -0.2) is 39.6 Å². The van der Waals surface area contributed by atoms with Gasteiger partial charge in [-0.2, -0.15) is 11.8 Å². The lowest BCUT2D eigenvalue weighted by molar-refractivity contribution is -0.139. The third-order valence-corrected chi connectivity index (χ3v) is 5.55. The van der Waals surface area contributed by atoms with Gasteiger partial charge in [-0.3, -0.25) is 9.69 Å². The molecule has 1 aromatic rings. The first kappa shape index (κ1) is 13.0. The van der Waals surface area contributed by atoms with Gasteiger partial charge in [-0.05, 0) is 17.5 Å². The zero-order valence-corrected chi connectivity index (χ0v) is 11.9. The second-order valence-electron chi connectivity index (χ2n) is 5.55. The van der Waals surface area contributed by atoms with Gasteiger partial charge >= 0.3 is 5.97 Å². The second kappa shape index (κ2) is 5.17. The maximum atomic E-state index is 11.5. The minimum atomic E-state index is -0.698. The first-order valence-electron chi connectivity index (χ1n) is 6.81. The Labute approximate surface area is 118 Å². The monoisotopic (exact) mass is 277 g/mol. The molecule has 4 heteroatoms. The molecule has 3 atom stereocenters. The third-order valence-electron chi connectivity index (χ3n) is 4.21. The van der Waals surface area contributed by atoms with Gasteiger partial charge in [0.2, 0.25) is 0 Å². The van der Waals surface area contributed by atoms with Gasteiger partial charge in [0.05, 0.1) is 5.92 Å². The van der Waals surface area contributed by atoms with Crippen molar-refractivity contribution in [2.45, 2.75) is 37.1 Å². The molecule has 3 nitrogen and oxygen atoms in total. The molecule has 0 amide bonds. The first-order valence-corrected chi connectivity index (χ1v) is 7.86. The lowest BCUT2D eigenvalue weighted by atomic mass is 9.89. The average Bonchev–Trinajstić information content (AvgIpc) is 2.84. The Morgan fingerprint density at radius 2 is 2.21 bits per heavy atom. The molecule has 0 radical (unpaired) electrons. The number of carboxylic acid groups (broad SMARTS) is 1. The van der Waals surface area contributed by atoms with E-state index >= 15 is 0 Å². The SMILES string of the molecule is CC1CC(N2Cc3ccccc3C(C(=O)O)C2)CS1. The molecule has 2 heterocycles. The zero-order valence-electron chi connectivity index (χ0n) is 11.1. The summed E-state index contributed by atoms with van der Waals surface area (Å²) < 4.78 is 0. The molecule has 1 fully saturated rings. The largest absolute Gasteiger partial charge is 0.481 e. The number of thioether (sulfide) groups is 1. The van der Waals surface area contributed by atoms with Crippen LogP contribution in [-0.2, 0) is 11.3 Å². The molecule has 1 N–H and O–H groups in total. The fourth-order valence-electron chi connectivity index (χ4n) is 3.17. The molecule has 2 aliphatic rings. The average molecular weight is 277 g/mol. The Morgan fingerprint density at radius 3 is 2.89 bits per heavy atom. The molecule has 0 bridgehead atoms. The summed E-state index contributed by atoms with van der Waals surface area (Å²) in [4.78, 5) is 13.9. The number of carboxylic acids is 1. The van der Waals surface area contributed by atoms with Gasteiger partial charge in [-0.15, -0.1) is 0 Å². The van der Waals surface area contributed by atoms with Gasteiger partial charge in [0.1, 0.15) is 0 Å². The van der Waals surface area contributed by atoms with Crippen LogP contribution >= 0.6 is 11.8 Å². The van der Waals surface area contributed by atoms with Crippen LogP contribution in [0.5, 0.6) is 0 Å². The number of hydrogen-bond donors (Lipinski definition) is 1.